The molecular formula is C23H44O2. The molecule has 0 fully saturated rings. The van der Waals surface area contributed by atoms with E-state index in [1.54, 1.807) is 6.92 Å². The number of esters is 1. The largest absolute Gasteiger partial charge is 0.459 e. The minimum atomic E-state index is -0.218. The maximum atomic E-state index is 11.8. The van der Waals surface area contributed by atoms with E-state index in [0.717, 1.165) is 19.3 Å². The van der Waals surface area contributed by atoms with Crippen LogP contribution in [0.2, 0.25) is 0 Å². The topological polar surface area (TPSA) is 26.3 Å². The summed E-state index contributed by atoms with van der Waals surface area (Å²) in [5.41, 5.74) is 0.513. The Kier molecular flexibility index (Phi) is 17.4. The number of carbonyl (C=O) groups is 1. The van der Waals surface area contributed by atoms with Gasteiger partial charge in [0, 0.05) is 5.57 Å². The fourth-order valence-electron chi connectivity index (χ4n) is 3.17. The molecule has 0 saturated heterocycles. The molecule has 0 amide bonds. The molecule has 2 nitrogen and oxygen atoms in total. The maximum absolute atomic E-state index is 11.8. The van der Waals surface area contributed by atoms with Crippen LogP contribution in [0.5, 0.6) is 0 Å². The molecule has 0 aromatic rings. The van der Waals surface area contributed by atoms with Crippen molar-refractivity contribution in [3.05, 3.63) is 12.2 Å². The number of hydrogen-bond acceptors (Lipinski definition) is 2. The van der Waals surface area contributed by atoms with Crippen molar-refractivity contribution in [1.29, 1.82) is 0 Å². The number of hydrogen-bond donors (Lipinski definition) is 0. The first-order valence-electron chi connectivity index (χ1n) is 11.0. The van der Waals surface area contributed by atoms with Crippen molar-refractivity contribution in [1.82, 2.24) is 0 Å². The molecule has 0 aromatic heterocycles. The normalized spacial score (nSPS) is 12.1. The van der Waals surface area contributed by atoms with Gasteiger partial charge >= 0.3 is 5.97 Å². The van der Waals surface area contributed by atoms with E-state index in [1.165, 1.54) is 83.5 Å². The van der Waals surface area contributed by atoms with Crippen LogP contribution in [0, 0.1) is 0 Å². The van der Waals surface area contributed by atoms with Crippen LogP contribution < -0.4 is 0 Å². The molecule has 1 unspecified atom stereocenters. The zero-order valence-corrected chi connectivity index (χ0v) is 17.4. The van der Waals surface area contributed by atoms with Crippen molar-refractivity contribution in [3.8, 4) is 0 Å². The highest BCUT2D eigenvalue weighted by Gasteiger charge is 2.14. The van der Waals surface area contributed by atoms with Crippen molar-refractivity contribution in [3.63, 3.8) is 0 Å². The van der Waals surface area contributed by atoms with Crippen LogP contribution in [0.15, 0.2) is 12.2 Å². The molecule has 0 spiro atoms. The summed E-state index contributed by atoms with van der Waals surface area (Å²) < 4.78 is 5.61. The van der Waals surface area contributed by atoms with Gasteiger partial charge in [0.2, 0.25) is 0 Å². The summed E-state index contributed by atoms with van der Waals surface area (Å²) in [6.45, 7) is 9.90. The van der Waals surface area contributed by atoms with Crippen LogP contribution in [-0.4, -0.2) is 12.1 Å². The third-order valence-electron chi connectivity index (χ3n) is 4.88. The summed E-state index contributed by atoms with van der Waals surface area (Å²) >= 11 is 0. The summed E-state index contributed by atoms with van der Waals surface area (Å²) in [6.07, 6.45) is 20.6. The summed E-state index contributed by atoms with van der Waals surface area (Å²) in [5, 5.41) is 0. The molecule has 0 aromatic carbocycles. The highest BCUT2D eigenvalue weighted by atomic mass is 16.5. The number of ether oxygens (including phenoxy) is 1. The van der Waals surface area contributed by atoms with Crippen molar-refractivity contribution in [2.45, 2.75) is 130 Å². The van der Waals surface area contributed by atoms with E-state index in [1.807, 2.05) is 0 Å². The third-order valence-corrected chi connectivity index (χ3v) is 4.88. The lowest BCUT2D eigenvalue weighted by Gasteiger charge is -2.18. The quantitative estimate of drug-likeness (QED) is 0.143. The zero-order valence-electron chi connectivity index (χ0n) is 17.4. The van der Waals surface area contributed by atoms with Gasteiger partial charge in [-0.05, 0) is 32.6 Å². The standard InChI is InChI=1S/C23H44O2/c1-5-7-9-10-11-12-13-14-15-16-18-20-22(19-17-8-6-2)25-23(24)21(3)4/h22H,3,5-20H2,1-2,4H3. The molecule has 0 rings (SSSR count). The first-order chi connectivity index (χ1) is 12.1. The lowest BCUT2D eigenvalue weighted by atomic mass is 10.0. The second kappa shape index (κ2) is 18.0. The summed E-state index contributed by atoms with van der Waals surface area (Å²) in [5.74, 6) is -0.218. The van der Waals surface area contributed by atoms with Crippen LogP contribution in [0.3, 0.4) is 0 Å². The van der Waals surface area contributed by atoms with Gasteiger partial charge in [-0.25, -0.2) is 4.79 Å². The lowest BCUT2D eigenvalue weighted by molar-refractivity contribution is -0.145. The number of rotatable bonds is 18. The van der Waals surface area contributed by atoms with Gasteiger partial charge in [-0.15, -0.1) is 0 Å². The van der Waals surface area contributed by atoms with Gasteiger partial charge in [-0.1, -0.05) is 97.5 Å². The molecule has 148 valence electrons. The summed E-state index contributed by atoms with van der Waals surface area (Å²) in [7, 11) is 0. The van der Waals surface area contributed by atoms with Crippen LogP contribution in [-0.2, 0) is 9.53 Å². The molecule has 25 heavy (non-hydrogen) atoms. The first-order valence-corrected chi connectivity index (χ1v) is 11.0. The van der Waals surface area contributed by atoms with E-state index < -0.39 is 0 Å². The van der Waals surface area contributed by atoms with E-state index >= 15 is 0 Å². The Morgan fingerprint density at radius 2 is 1.08 bits per heavy atom. The van der Waals surface area contributed by atoms with Gasteiger partial charge in [0.1, 0.15) is 6.10 Å². The van der Waals surface area contributed by atoms with Crippen LogP contribution in [0.25, 0.3) is 0 Å². The summed E-state index contributed by atoms with van der Waals surface area (Å²) in [6, 6.07) is 0. The molecule has 0 heterocycles. The average molecular weight is 353 g/mol. The molecule has 2 heteroatoms. The van der Waals surface area contributed by atoms with Gasteiger partial charge in [0.25, 0.3) is 0 Å². The Balaban J connectivity index is 3.68. The monoisotopic (exact) mass is 352 g/mol. The molecule has 0 saturated carbocycles. The van der Waals surface area contributed by atoms with E-state index in [0.29, 0.717) is 5.57 Å². The van der Waals surface area contributed by atoms with E-state index in [4.69, 9.17) is 4.74 Å². The average Bonchev–Trinajstić information content (AvgIpc) is 2.59. The van der Waals surface area contributed by atoms with Crippen LogP contribution in [0.1, 0.15) is 124 Å². The van der Waals surface area contributed by atoms with Crippen molar-refractivity contribution in [2.24, 2.45) is 0 Å². The summed E-state index contributed by atoms with van der Waals surface area (Å²) in [4.78, 5) is 11.8. The molecule has 0 radical (unpaired) electrons. The zero-order chi connectivity index (χ0) is 18.8. The van der Waals surface area contributed by atoms with Crippen molar-refractivity contribution < 1.29 is 9.53 Å². The number of carbonyl (C=O) groups excluding carboxylic acids is 1. The molecule has 0 aliphatic heterocycles. The highest BCUT2D eigenvalue weighted by molar-refractivity contribution is 5.87. The lowest BCUT2D eigenvalue weighted by Crippen LogP contribution is -2.18. The SMILES string of the molecule is C=C(C)C(=O)OC(CCCCC)CCCCCCCCCCCCC. The first kappa shape index (κ1) is 24.2. The van der Waals surface area contributed by atoms with E-state index in [9.17, 15) is 4.79 Å². The minimum absolute atomic E-state index is 0.0920. The van der Waals surface area contributed by atoms with Gasteiger partial charge in [0.15, 0.2) is 0 Å². The Morgan fingerprint density at radius 1 is 0.720 bits per heavy atom. The Hall–Kier alpha value is -0.790. The smallest absolute Gasteiger partial charge is 0.333 e. The second-order valence-electron chi connectivity index (χ2n) is 7.63. The van der Waals surface area contributed by atoms with Gasteiger partial charge in [0.05, 0.1) is 0 Å². The maximum Gasteiger partial charge on any atom is 0.333 e. The second-order valence-corrected chi connectivity index (χ2v) is 7.63. The minimum Gasteiger partial charge on any atom is -0.459 e. The van der Waals surface area contributed by atoms with E-state index in [-0.39, 0.29) is 12.1 Å². The van der Waals surface area contributed by atoms with Gasteiger partial charge < -0.3 is 4.74 Å². The molecule has 0 bridgehead atoms. The molecular weight excluding hydrogens is 308 g/mol. The van der Waals surface area contributed by atoms with Gasteiger partial charge in [-0.2, -0.15) is 0 Å². The van der Waals surface area contributed by atoms with Gasteiger partial charge in [-0.3, -0.25) is 0 Å². The third kappa shape index (κ3) is 16.4. The van der Waals surface area contributed by atoms with Crippen molar-refractivity contribution >= 4 is 5.97 Å². The van der Waals surface area contributed by atoms with Crippen LogP contribution >= 0.6 is 0 Å². The highest BCUT2D eigenvalue weighted by Crippen LogP contribution is 2.17. The molecule has 0 N–H and O–H groups in total. The Bertz CT molecular complexity index is 322. The molecule has 0 aliphatic rings. The predicted octanol–water partition coefficient (Wildman–Crippen LogP) is 7.76. The van der Waals surface area contributed by atoms with E-state index in [2.05, 4.69) is 20.4 Å². The van der Waals surface area contributed by atoms with Crippen molar-refractivity contribution in [2.75, 3.05) is 0 Å². The number of unbranched alkanes of at least 4 members (excludes halogenated alkanes) is 12. The fourth-order valence-corrected chi connectivity index (χ4v) is 3.17. The predicted molar refractivity (Wildman–Crippen MR) is 110 cm³/mol. The van der Waals surface area contributed by atoms with Crippen LogP contribution in [0.4, 0.5) is 0 Å². The Labute approximate surface area is 157 Å². The Morgan fingerprint density at radius 3 is 1.52 bits per heavy atom. The molecule has 1 atom stereocenters. The molecule has 0 aliphatic carbocycles. The fraction of sp³-hybridized carbons (Fsp3) is 0.870.